The van der Waals surface area contributed by atoms with Crippen molar-refractivity contribution in [2.75, 3.05) is 13.7 Å². The van der Waals surface area contributed by atoms with Gasteiger partial charge in [0.15, 0.2) is 0 Å². The minimum absolute atomic E-state index is 0.163. The summed E-state index contributed by atoms with van der Waals surface area (Å²) in [5, 5.41) is 4.10. The molecule has 1 amide bonds. The lowest BCUT2D eigenvalue weighted by molar-refractivity contribution is 0.0739. The third-order valence-corrected chi connectivity index (χ3v) is 4.99. The first kappa shape index (κ1) is 17.2. The van der Waals surface area contributed by atoms with Crippen molar-refractivity contribution < 1.29 is 13.9 Å². The molecule has 1 atom stereocenters. The van der Waals surface area contributed by atoms with Gasteiger partial charge < -0.3 is 9.64 Å². The van der Waals surface area contributed by atoms with Gasteiger partial charge in [0, 0.05) is 19.0 Å². The number of benzene rings is 2. The zero-order valence-electron chi connectivity index (χ0n) is 15.1. The first-order valence-corrected chi connectivity index (χ1v) is 8.72. The van der Waals surface area contributed by atoms with E-state index in [1.54, 1.807) is 23.0 Å². The minimum Gasteiger partial charge on any atom is -0.492 e. The standard InChI is InChI=1S/C20H19FN4O2/c1-13(14-3-5-15(6-4-14)25-12-22-11-23-25)24(2)20(26)17-7-8-18(21)16-9-10-27-19(16)17/h3-8,11-13H,9-10H2,1-2H3. The molecule has 2 aromatic carbocycles. The van der Waals surface area contributed by atoms with E-state index in [4.69, 9.17) is 4.74 Å². The topological polar surface area (TPSA) is 60.2 Å². The highest BCUT2D eigenvalue weighted by Crippen LogP contribution is 2.33. The van der Waals surface area contributed by atoms with Crippen LogP contribution in [0, 0.1) is 5.82 Å². The van der Waals surface area contributed by atoms with E-state index in [1.165, 1.54) is 18.5 Å². The summed E-state index contributed by atoms with van der Waals surface area (Å²) >= 11 is 0. The number of hydrogen-bond acceptors (Lipinski definition) is 4. The molecule has 2 heterocycles. The lowest BCUT2D eigenvalue weighted by atomic mass is 10.0. The molecule has 0 spiro atoms. The Kier molecular flexibility index (Phi) is 4.35. The van der Waals surface area contributed by atoms with Crippen molar-refractivity contribution in [2.24, 2.45) is 0 Å². The Hall–Kier alpha value is -3.22. The molecule has 6 nitrogen and oxygen atoms in total. The number of amides is 1. The average molecular weight is 366 g/mol. The van der Waals surface area contributed by atoms with Gasteiger partial charge in [-0.05, 0) is 36.8 Å². The Balaban J connectivity index is 1.56. The van der Waals surface area contributed by atoms with Crippen LogP contribution in [0.15, 0.2) is 49.1 Å². The van der Waals surface area contributed by atoms with Crippen molar-refractivity contribution in [1.29, 1.82) is 0 Å². The number of carbonyl (C=O) groups excluding carboxylic acids is 1. The molecule has 1 aliphatic heterocycles. The SMILES string of the molecule is CC(c1ccc(-n2cncn2)cc1)N(C)C(=O)c1ccc(F)c2c1OCC2. The van der Waals surface area contributed by atoms with Gasteiger partial charge in [-0.25, -0.2) is 14.1 Å². The third-order valence-electron chi connectivity index (χ3n) is 4.99. The first-order chi connectivity index (χ1) is 13.1. The quantitative estimate of drug-likeness (QED) is 0.712. The third kappa shape index (κ3) is 3.05. The zero-order chi connectivity index (χ0) is 19.0. The Labute approximate surface area is 156 Å². The first-order valence-electron chi connectivity index (χ1n) is 8.72. The van der Waals surface area contributed by atoms with Gasteiger partial charge >= 0.3 is 0 Å². The molecule has 0 N–H and O–H groups in total. The number of ether oxygens (including phenoxy) is 1. The van der Waals surface area contributed by atoms with Gasteiger partial charge in [0.2, 0.25) is 0 Å². The second-order valence-electron chi connectivity index (χ2n) is 6.52. The minimum atomic E-state index is -0.321. The summed E-state index contributed by atoms with van der Waals surface area (Å²) in [7, 11) is 1.74. The van der Waals surface area contributed by atoms with E-state index in [2.05, 4.69) is 10.1 Å². The largest absolute Gasteiger partial charge is 0.492 e. The molecule has 0 bridgehead atoms. The van der Waals surface area contributed by atoms with Crippen LogP contribution in [-0.4, -0.2) is 39.2 Å². The predicted molar refractivity (Wildman–Crippen MR) is 97.5 cm³/mol. The molecule has 1 aromatic heterocycles. The van der Waals surface area contributed by atoms with Crippen molar-refractivity contribution in [3.05, 3.63) is 71.6 Å². The zero-order valence-corrected chi connectivity index (χ0v) is 15.1. The van der Waals surface area contributed by atoms with Crippen LogP contribution in [0.25, 0.3) is 5.69 Å². The number of nitrogens with zero attached hydrogens (tertiary/aromatic N) is 4. The highest BCUT2D eigenvalue weighted by Gasteiger charge is 2.27. The summed E-state index contributed by atoms with van der Waals surface area (Å²) in [6.07, 6.45) is 3.60. The van der Waals surface area contributed by atoms with E-state index in [9.17, 15) is 9.18 Å². The normalized spacial score (nSPS) is 13.7. The molecule has 1 unspecified atom stereocenters. The Morgan fingerprint density at radius 2 is 2.04 bits per heavy atom. The molecule has 3 aromatic rings. The number of fused-ring (bicyclic) bond motifs is 1. The second kappa shape index (κ2) is 6.83. The van der Waals surface area contributed by atoms with E-state index < -0.39 is 0 Å². The van der Waals surface area contributed by atoms with Crippen LogP contribution in [0.3, 0.4) is 0 Å². The fourth-order valence-corrected chi connectivity index (χ4v) is 3.26. The average Bonchev–Trinajstić information content (AvgIpc) is 3.39. The predicted octanol–water partition coefficient (Wildman–Crippen LogP) is 3.17. The number of hydrogen-bond donors (Lipinski definition) is 0. The second-order valence-corrected chi connectivity index (χ2v) is 6.52. The molecule has 0 saturated carbocycles. The van der Waals surface area contributed by atoms with E-state index in [0.717, 1.165) is 11.3 Å². The molecule has 138 valence electrons. The lowest BCUT2D eigenvalue weighted by Crippen LogP contribution is -2.30. The van der Waals surface area contributed by atoms with Gasteiger partial charge in [-0.3, -0.25) is 4.79 Å². The molecule has 0 aliphatic carbocycles. The maximum Gasteiger partial charge on any atom is 0.257 e. The van der Waals surface area contributed by atoms with Crippen LogP contribution in [0.1, 0.15) is 34.5 Å². The molecule has 0 fully saturated rings. The van der Waals surface area contributed by atoms with E-state index in [-0.39, 0.29) is 17.8 Å². The monoisotopic (exact) mass is 366 g/mol. The van der Waals surface area contributed by atoms with Gasteiger partial charge in [-0.2, -0.15) is 5.10 Å². The highest BCUT2D eigenvalue weighted by atomic mass is 19.1. The van der Waals surface area contributed by atoms with Gasteiger partial charge in [-0.1, -0.05) is 12.1 Å². The number of rotatable bonds is 4. The van der Waals surface area contributed by atoms with Gasteiger partial charge in [0.05, 0.1) is 23.9 Å². The fourth-order valence-electron chi connectivity index (χ4n) is 3.26. The summed E-state index contributed by atoms with van der Waals surface area (Å²) < 4.78 is 21.1. The Bertz CT molecular complexity index is 970. The van der Waals surface area contributed by atoms with Gasteiger partial charge in [-0.15, -0.1) is 0 Å². The number of carbonyl (C=O) groups is 1. The number of halogens is 1. The van der Waals surface area contributed by atoms with Gasteiger partial charge in [0.25, 0.3) is 5.91 Å². The highest BCUT2D eigenvalue weighted by molar-refractivity contribution is 5.97. The van der Waals surface area contributed by atoms with Crippen molar-refractivity contribution in [3.8, 4) is 11.4 Å². The van der Waals surface area contributed by atoms with Crippen molar-refractivity contribution in [2.45, 2.75) is 19.4 Å². The molecule has 1 aliphatic rings. The molecule has 7 heteroatoms. The van der Waals surface area contributed by atoms with Crippen LogP contribution >= 0.6 is 0 Å². The van der Waals surface area contributed by atoms with Gasteiger partial charge in [0.1, 0.15) is 24.2 Å². The molecule has 0 saturated heterocycles. The smallest absolute Gasteiger partial charge is 0.257 e. The summed E-state index contributed by atoms with van der Waals surface area (Å²) in [4.78, 5) is 18.6. The summed E-state index contributed by atoms with van der Waals surface area (Å²) in [5.41, 5.74) is 2.76. The number of aromatic nitrogens is 3. The molecule has 4 rings (SSSR count). The maximum atomic E-state index is 13.9. The Morgan fingerprint density at radius 1 is 1.26 bits per heavy atom. The van der Waals surface area contributed by atoms with Crippen LogP contribution in [0.2, 0.25) is 0 Å². The van der Waals surface area contributed by atoms with Crippen LogP contribution in [0.4, 0.5) is 4.39 Å². The molecule has 27 heavy (non-hydrogen) atoms. The van der Waals surface area contributed by atoms with Crippen LogP contribution in [-0.2, 0) is 6.42 Å². The summed E-state index contributed by atoms with van der Waals surface area (Å²) in [5.74, 6) is -0.139. The summed E-state index contributed by atoms with van der Waals surface area (Å²) in [6.45, 7) is 2.35. The maximum absolute atomic E-state index is 13.9. The fraction of sp³-hybridized carbons (Fsp3) is 0.250. The summed E-state index contributed by atoms with van der Waals surface area (Å²) in [6, 6.07) is 10.4. The van der Waals surface area contributed by atoms with E-state index in [1.807, 2.05) is 31.2 Å². The molecular formula is C20H19FN4O2. The van der Waals surface area contributed by atoms with Crippen molar-refractivity contribution in [3.63, 3.8) is 0 Å². The molecule has 0 radical (unpaired) electrons. The van der Waals surface area contributed by atoms with Crippen molar-refractivity contribution in [1.82, 2.24) is 19.7 Å². The Morgan fingerprint density at radius 3 is 2.74 bits per heavy atom. The van der Waals surface area contributed by atoms with E-state index in [0.29, 0.717) is 29.9 Å². The molecular weight excluding hydrogens is 347 g/mol. The van der Waals surface area contributed by atoms with Crippen molar-refractivity contribution >= 4 is 5.91 Å². The lowest BCUT2D eigenvalue weighted by Gasteiger charge is -2.26. The van der Waals surface area contributed by atoms with Crippen LogP contribution in [0.5, 0.6) is 5.75 Å². The van der Waals surface area contributed by atoms with E-state index >= 15 is 0 Å². The van der Waals surface area contributed by atoms with Crippen LogP contribution < -0.4 is 4.74 Å².